The molecule has 0 spiro atoms. The molecule has 0 radical (unpaired) electrons. The second-order valence-corrected chi connectivity index (χ2v) is 9.79. The van der Waals surface area contributed by atoms with Crippen LogP contribution < -0.4 is 0 Å². The first kappa shape index (κ1) is 33.1. The van der Waals surface area contributed by atoms with Crippen molar-refractivity contribution in [2.75, 3.05) is 26.4 Å². The van der Waals surface area contributed by atoms with Gasteiger partial charge in [0.25, 0.3) is 0 Å². The lowest BCUT2D eigenvalue weighted by Crippen LogP contribution is -2.63. The number of rotatable bonds is 10. The predicted molar refractivity (Wildman–Crippen MR) is 125 cm³/mol. The van der Waals surface area contributed by atoms with Gasteiger partial charge in [-0.05, 0) is 13.8 Å². The van der Waals surface area contributed by atoms with E-state index in [2.05, 4.69) is 0 Å². The van der Waals surface area contributed by atoms with Crippen molar-refractivity contribution in [1.29, 1.82) is 0 Å². The van der Waals surface area contributed by atoms with Crippen molar-refractivity contribution in [1.82, 2.24) is 0 Å². The average Bonchev–Trinajstić information content (AvgIpc) is 3.20. The first-order valence-corrected chi connectivity index (χ1v) is 12.6. The summed E-state index contributed by atoms with van der Waals surface area (Å²) in [6.45, 7) is 0.103. The molecule has 0 saturated carbocycles. The zero-order valence-electron chi connectivity index (χ0n) is 21.7. The van der Waals surface area contributed by atoms with Crippen LogP contribution in [-0.2, 0) is 33.2 Å². The number of aliphatic hydroxyl groups excluding tert-OH is 10. The largest absolute Gasteiger partial charge is 0.459 e. The Morgan fingerprint density at radius 3 is 1.85 bits per heavy atom. The first-order valence-electron chi connectivity index (χ1n) is 12.6. The molecule has 17 nitrogen and oxygen atoms in total. The SMILES string of the molecule is CC=C(C)C(=O)OCC1OC(OCC2OC(OC3(CO)OC(CO)C(O)C3O)C(O)C(O)C2O)C(O)C(O)C1O. The average molecular weight is 587 g/mol. The molecule has 17 heteroatoms. The van der Waals surface area contributed by atoms with Gasteiger partial charge in [-0.15, -0.1) is 0 Å². The Bertz CT molecular complexity index is 872. The summed E-state index contributed by atoms with van der Waals surface area (Å²) in [5.41, 5.74) is 0.277. The van der Waals surface area contributed by atoms with E-state index in [1.165, 1.54) is 13.0 Å². The van der Waals surface area contributed by atoms with Crippen LogP contribution >= 0.6 is 0 Å². The first-order chi connectivity index (χ1) is 18.8. The minimum absolute atomic E-state index is 0.277. The molecule has 3 heterocycles. The van der Waals surface area contributed by atoms with Crippen LogP contribution in [0.4, 0.5) is 0 Å². The van der Waals surface area contributed by atoms with E-state index in [9.17, 15) is 55.9 Å². The van der Waals surface area contributed by atoms with Gasteiger partial charge in [-0.3, -0.25) is 0 Å². The molecule has 14 unspecified atom stereocenters. The van der Waals surface area contributed by atoms with Crippen LogP contribution in [0.5, 0.6) is 0 Å². The topological polar surface area (TPSA) is 275 Å². The molecule has 3 rings (SSSR count). The molecule has 14 atom stereocenters. The summed E-state index contributed by atoms with van der Waals surface area (Å²) >= 11 is 0. The lowest BCUT2D eigenvalue weighted by molar-refractivity contribution is -0.388. The van der Waals surface area contributed by atoms with Crippen LogP contribution in [0.15, 0.2) is 11.6 Å². The molecule has 0 aromatic carbocycles. The molecule has 3 aliphatic rings. The molecule has 0 aromatic rings. The van der Waals surface area contributed by atoms with Crippen molar-refractivity contribution in [3.63, 3.8) is 0 Å². The Kier molecular flexibility index (Phi) is 11.4. The van der Waals surface area contributed by atoms with Crippen LogP contribution in [0.1, 0.15) is 13.8 Å². The second kappa shape index (κ2) is 13.7. The maximum atomic E-state index is 11.9. The smallest absolute Gasteiger partial charge is 0.333 e. The van der Waals surface area contributed by atoms with Crippen molar-refractivity contribution in [2.24, 2.45) is 0 Å². The van der Waals surface area contributed by atoms with E-state index in [1.54, 1.807) is 6.92 Å². The summed E-state index contributed by atoms with van der Waals surface area (Å²) in [6, 6.07) is 0. The molecule has 10 N–H and O–H groups in total. The molecule has 0 aliphatic carbocycles. The summed E-state index contributed by atoms with van der Waals surface area (Å²) in [7, 11) is 0. The number of allylic oxidation sites excluding steroid dienone is 1. The van der Waals surface area contributed by atoms with Crippen molar-refractivity contribution < 1.29 is 84.3 Å². The Morgan fingerprint density at radius 1 is 0.775 bits per heavy atom. The molecule has 0 aromatic heterocycles. The Hall–Kier alpha value is -1.39. The van der Waals surface area contributed by atoms with Gasteiger partial charge in [0.15, 0.2) is 12.6 Å². The quantitative estimate of drug-likeness (QED) is 0.0842. The van der Waals surface area contributed by atoms with E-state index in [0.29, 0.717) is 0 Å². The highest BCUT2D eigenvalue weighted by atomic mass is 16.8. The molecule has 40 heavy (non-hydrogen) atoms. The summed E-state index contributed by atoms with van der Waals surface area (Å²) in [4.78, 5) is 11.9. The maximum Gasteiger partial charge on any atom is 0.333 e. The zero-order valence-corrected chi connectivity index (χ0v) is 21.7. The molecule has 3 aliphatic heterocycles. The standard InChI is InChI=1S/C23H38O17/c1-3-8(2)20(34)35-5-10-12(26)15(29)17(31)21(37-10)36-6-11-13(27)16(30)18(32)22(38-11)40-23(7-25)19(33)14(28)9(4-24)39-23/h3,9-19,21-22,24-33H,4-7H2,1-2H3. The van der Waals surface area contributed by atoms with Gasteiger partial charge in [0.05, 0.1) is 13.2 Å². The van der Waals surface area contributed by atoms with Crippen LogP contribution in [-0.4, -0.2) is 169 Å². The van der Waals surface area contributed by atoms with Gasteiger partial charge in [-0.2, -0.15) is 0 Å². The highest BCUT2D eigenvalue weighted by molar-refractivity contribution is 5.87. The molecule has 0 amide bonds. The Balaban J connectivity index is 1.67. The van der Waals surface area contributed by atoms with E-state index in [1.807, 2.05) is 0 Å². The highest BCUT2D eigenvalue weighted by Crippen LogP contribution is 2.36. The molecule has 0 bridgehead atoms. The third kappa shape index (κ3) is 6.64. The monoisotopic (exact) mass is 586 g/mol. The number of hydrogen-bond acceptors (Lipinski definition) is 17. The number of hydrogen-bond donors (Lipinski definition) is 10. The van der Waals surface area contributed by atoms with E-state index >= 15 is 0 Å². The van der Waals surface area contributed by atoms with Crippen LogP contribution in [0, 0.1) is 0 Å². The Labute approximate surface area is 228 Å². The number of aliphatic hydroxyl groups is 10. The summed E-state index contributed by atoms with van der Waals surface area (Å²) in [5, 5.41) is 101. The fraction of sp³-hybridized carbons (Fsp3) is 0.870. The van der Waals surface area contributed by atoms with Crippen LogP contribution in [0.2, 0.25) is 0 Å². The predicted octanol–water partition coefficient (Wildman–Crippen LogP) is -6.05. The van der Waals surface area contributed by atoms with Gasteiger partial charge >= 0.3 is 5.97 Å². The van der Waals surface area contributed by atoms with E-state index in [-0.39, 0.29) is 5.57 Å². The van der Waals surface area contributed by atoms with Crippen molar-refractivity contribution in [2.45, 2.75) is 99.4 Å². The van der Waals surface area contributed by atoms with Gasteiger partial charge < -0.3 is 79.5 Å². The van der Waals surface area contributed by atoms with Crippen LogP contribution in [0.25, 0.3) is 0 Å². The summed E-state index contributed by atoms with van der Waals surface area (Å²) < 4.78 is 32.0. The van der Waals surface area contributed by atoms with E-state index in [0.717, 1.165) is 0 Å². The van der Waals surface area contributed by atoms with Gasteiger partial charge in [-0.1, -0.05) is 6.08 Å². The minimum Gasteiger partial charge on any atom is -0.459 e. The zero-order chi connectivity index (χ0) is 29.9. The Morgan fingerprint density at radius 2 is 1.32 bits per heavy atom. The van der Waals surface area contributed by atoms with Gasteiger partial charge in [0, 0.05) is 5.57 Å². The molecular weight excluding hydrogens is 548 g/mol. The fourth-order valence-corrected chi connectivity index (χ4v) is 4.39. The van der Waals surface area contributed by atoms with Crippen LogP contribution in [0.3, 0.4) is 0 Å². The van der Waals surface area contributed by atoms with E-state index < -0.39 is 118 Å². The number of carbonyl (C=O) groups excluding carboxylic acids is 1. The van der Waals surface area contributed by atoms with Crippen molar-refractivity contribution in [3.8, 4) is 0 Å². The lowest BCUT2D eigenvalue weighted by atomic mass is 9.98. The third-order valence-corrected chi connectivity index (χ3v) is 7.12. The highest BCUT2D eigenvalue weighted by Gasteiger charge is 2.58. The minimum atomic E-state index is -2.38. The van der Waals surface area contributed by atoms with Crippen molar-refractivity contribution >= 4 is 5.97 Å². The third-order valence-electron chi connectivity index (χ3n) is 7.12. The lowest BCUT2D eigenvalue weighted by Gasteiger charge is -2.44. The molecular formula is C23H38O17. The molecule has 232 valence electrons. The fourth-order valence-electron chi connectivity index (χ4n) is 4.39. The summed E-state index contributed by atoms with van der Waals surface area (Å²) in [5.74, 6) is -3.09. The maximum absolute atomic E-state index is 11.9. The number of carbonyl (C=O) groups is 1. The molecule has 3 fully saturated rings. The van der Waals surface area contributed by atoms with Gasteiger partial charge in [0.1, 0.15) is 80.4 Å². The normalized spacial score (nSPS) is 46.4. The van der Waals surface area contributed by atoms with Gasteiger partial charge in [-0.25, -0.2) is 4.79 Å². The van der Waals surface area contributed by atoms with E-state index in [4.69, 9.17) is 28.4 Å². The number of esters is 1. The van der Waals surface area contributed by atoms with Gasteiger partial charge in [0.2, 0.25) is 5.79 Å². The molecule has 3 saturated heterocycles. The second-order valence-electron chi connectivity index (χ2n) is 9.79. The summed E-state index contributed by atoms with van der Waals surface area (Å²) in [6.07, 6.45) is -20.8. The van der Waals surface area contributed by atoms with Crippen molar-refractivity contribution in [3.05, 3.63) is 11.6 Å². The number of ether oxygens (including phenoxy) is 6.